The Hall–Kier alpha value is -0.120. The van der Waals surface area contributed by atoms with Crippen molar-refractivity contribution < 1.29 is 4.74 Å². The van der Waals surface area contributed by atoms with Crippen molar-refractivity contribution in [1.82, 2.24) is 5.32 Å². The van der Waals surface area contributed by atoms with Gasteiger partial charge in [0.2, 0.25) is 0 Å². The van der Waals surface area contributed by atoms with Crippen LogP contribution in [0.1, 0.15) is 26.7 Å². The Morgan fingerprint density at radius 3 is 2.69 bits per heavy atom. The van der Waals surface area contributed by atoms with Gasteiger partial charge in [0.25, 0.3) is 0 Å². The van der Waals surface area contributed by atoms with Gasteiger partial charge in [-0.1, -0.05) is 13.8 Å². The molecule has 1 aliphatic heterocycles. The summed E-state index contributed by atoms with van der Waals surface area (Å²) in [7, 11) is 1.74. The molecule has 0 aliphatic carbocycles. The predicted molar refractivity (Wildman–Crippen MR) is 56.8 cm³/mol. The van der Waals surface area contributed by atoms with Crippen LogP contribution in [0.15, 0.2) is 0 Å². The first-order valence-corrected chi connectivity index (χ1v) is 5.29. The quantitative estimate of drug-likeness (QED) is 0.694. The van der Waals surface area contributed by atoms with E-state index >= 15 is 0 Å². The van der Waals surface area contributed by atoms with E-state index in [1.165, 1.54) is 12.8 Å². The van der Waals surface area contributed by atoms with E-state index in [9.17, 15) is 0 Å². The van der Waals surface area contributed by atoms with Gasteiger partial charge in [-0.3, -0.25) is 0 Å². The van der Waals surface area contributed by atoms with Crippen LogP contribution in [0.3, 0.4) is 0 Å². The average Bonchev–Trinajstić information content (AvgIpc) is 2.22. The zero-order valence-electron chi connectivity index (χ0n) is 9.18. The molecule has 1 fully saturated rings. The Bertz CT molecular complexity index is 107. The molecule has 1 aliphatic rings. The van der Waals surface area contributed by atoms with E-state index in [1.807, 2.05) is 13.8 Å². The summed E-state index contributed by atoms with van der Waals surface area (Å²) in [6.07, 6.45) is 2.39. The van der Waals surface area contributed by atoms with Gasteiger partial charge in [0.15, 0.2) is 0 Å². The summed E-state index contributed by atoms with van der Waals surface area (Å²) in [6, 6.07) is 0.530. The van der Waals surface area contributed by atoms with Gasteiger partial charge in [0.05, 0.1) is 6.61 Å². The third-order valence-corrected chi connectivity index (χ3v) is 2.30. The molecule has 0 bridgehead atoms. The van der Waals surface area contributed by atoms with Crippen LogP contribution in [0.4, 0.5) is 0 Å². The Kier molecular flexibility index (Phi) is 8.40. The highest BCUT2D eigenvalue weighted by molar-refractivity contribution is 4.78. The van der Waals surface area contributed by atoms with Crippen molar-refractivity contribution in [1.29, 1.82) is 0 Å². The summed E-state index contributed by atoms with van der Waals surface area (Å²) < 4.78 is 5.07. The number of hydrogen-bond donors (Lipinski definition) is 2. The van der Waals surface area contributed by atoms with Crippen LogP contribution in [0, 0.1) is 5.92 Å². The molecule has 0 aromatic carbocycles. The molecule has 0 aromatic rings. The fourth-order valence-corrected chi connectivity index (χ4v) is 1.64. The molecule has 3 nitrogen and oxygen atoms in total. The van der Waals surface area contributed by atoms with Crippen LogP contribution in [-0.4, -0.2) is 32.8 Å². The molecule has 0 amide bonds. The molecule has 80 valence electrons. The Morgan fingerprint density at radius 2 is 2.15 bits per heavy atom. The highest BCUT2D eigenvalue weighted by Crippen LogP contribution is 2.14. The SMILES string of the molecule is CC.COCC1CC(CN)CCN1. The van der Waals surface area contributed by atoms with E-state index in [4.69, 9.17) is 10.5 Å². The Labute approximate surface area is 82.0 Å². The smallest absolute Gasteiger partial charge is 0.0615 e. The molecule has 0 spiro atoms. The summed E-state index contributed by atoms with van der Waals surface area (Å²) in [5, 5.41) is 3.40. The van der Waals surface area contributed by atoms with E-state index in [0.717, 1.165) is 19.7 Å². The first kappa shape index (κ1) is 12.9. The van der Waals surface area contributed by atoms with Gasteiger partial charge in [0, 0.05) is 13.2 Å². The van der Waals surface area contributed by atoms with Gasteiger partial charge in [-0.05, 0) is 31.8 Å². The fraction of sp³-hybridized carbons (Fsp3) is 1.00. The number of methoxy groups -OCH3 is 1. The van der Waals surface area contributed by atoms with Gasteiger partial charge in [-0.15, -0.1) is 0 Å². The lowest BCUT2D eigenvalue weighted by Gasteiger charge is -2.28. The minimum absolute atomic E-state index is 0.530. The summed E-state index contributed by atoms with van der Waals surface area (Å²) in [4.78, 5) is 0. The van der Waals surface area contributed by atoms with Gasteiger partial charge < -0.3 is 15.8 Å². The number of nitrogens with one attached hydrogen (secondary N) is 1. The highest BCUT2D eigenvalue weighted by atomic mass is 16.5. The van der Waals surface area contributed by atoms with Crippen molar-refractivity contribution in [2.24, 2.45) is 11.7 Å². The Morgan fingerprint density at radius 1 is 1.46 bits per heavy atom. The zero-order valence-corrected chi connectivity index (χ0v) is 9.18. The molecular weight excluding hydrogens is 164 g/mol. The standard InChI is InChI=1S/C8H18N2O.C2H6/c1-11-6-8-4-7(5-9)2-3-10-8;1-2/h7-8,10H,2-6,9H2,1H3;1-2H3. The van der Waals surface area contributed by atoms with E-state index in [-0.39, 0.29) is 0 Å². The second kappa shape index (κ2) is 8.48. The summed E-state index contributed by atoms with van der Waals surface area (Å²) in [5.41, 5.74) is 5.59. The van der Waals surface area contributed by atoms with Crippen LogP contribution >= 0.6 is 0 Å². The third kappa shape index (κ3) is 5.24. The van der Waals surface area contributed by atoms with E-state index in [0.29, 0.717) is 12.0 Å². The number of hydrogen-bond acceptors (Lipinski definition) is 3. The minimum Gasteiger partial charge on any atom is -0.383 e. The Balaban J connectivity index is 0.000000671. The molecule has 0 saturated carbocycles. The lowest BCUT2D eigenvalue weighted by Crippen LogP contribution is -2.42. The minimum atomic E-state index is 0.530. The molecule has 3 heteroatoms. The monoisotopic (exact) mass is 188 g/mol. The molecule has 0 radical (unpaired) electrons. The van der Waals surface area contributed by atoms with Crippen LogP contribution in [-0.2, 0) is 4.74 Å². The highest BCUT2D eigenvalue weighted by Gasteiger charge is 2.19. The summed E-state index contributed by atoms with van der Waals surface area (Å²) >= 11 is 0. The maximum Gasteiger partial charge on any atom is 0.0615 e. The largest absolute Gasteiger partial charge is 0.383 e. The molecular formula is C10H24N2O. The van der Waals surface area contributed by atoms with Crippen LogP contribution in [0.25, 0.3) is 0 Å². The number of ether oxygens (including phenoxy) is 1. The molecule has 1 saturated heterocycles. The fourth-order valence-electron chi connectivity index (χ4n) is 1.64. The van der Waals surface area contributed by atoms with E-state index in [1.54, 1.807) is 7.11 Å². The van der Waals surface area contributed by atoms with E-state index < -0.39 is 0 Å². The van der Waals surface area contributed by atoms with Gasteiger partial charge in [0.1, 0.15) is 0 Å². The maximum atomic E-state index is 5.59. The molecule has 1 rings (SSSR count). The maximum absolute atomic E-state index is 5.59. The number of piperidine rings is 1. The first-order valence-electron chi connectivity index (χ1n) is 5.29. The summed E-state index contributed by atoms with van der Waals surface area (Å²) in [6.45, 7) is 6.73. The van der Waals surface area contributed by atoms with Gasteiger partial charge in [-0.25, -0.2) is 0 Å². The van der Waals surface area contributed by atoms with Crippen LogP contribution < -0.4 is 11.1 Å². The average molecular weight is 188 g/mol. The van der Waals surface area contributed by atoms with Crippen molar-refractivity contribution >= 4 is 0 Å². The van der Waals surface area contributed by atoms with Gasteiger partial charge in [-0.2, -0.15) is 0 Å². The zero-order chi connectivity index (χ0) is 10.1. The normalized spacial score (nSPS) is 27.7. The van der Waals surface area contributed by atoms with Crippen molar-refractivity contribution in [2.45, 2.75) is 32.7 Å². The van der Waals surface area contributed by atoms with Gasteiger partial charge >= 0.3 is 0 Å². The predicted octanol–water partition coefficient (Wildman–Crippen LogP) is 0.986. The second-order valence-electron chi connectivity index (χ2n) is 3.23. The third-order valence-electron chi connectivity index (χ3n) is 2.30. The number of rotatable bonds is 3. The summed E-state index contributed by atoms with van der Waals surface area (Å²) in [5.74, 6) is 0.705. The second-order valence-corrected chi connectivity index (χ2v) is 3.23. The molecule has 2 atom stereocenters. The molecule has 0 aromatic heterocycles. The van der Waals surface area contributed by atoms with Crippen LogP contribution in [0.2, 0.25) is 0 Å². The first-order chi connectivity index (χ1) is 6.36. The van der Waals surface area contributed by atoms with Crippen molar-refractivity contribution in [3.8, 4) is 0 Å². The topological polar surface area (TPSA) is 47.3 Å². The lowest BCUT2D eigenvalue weighted by molar-refractivity contribution is 0.140. The van der Waals surface area contributed by atoms with E-state index in [2.05, 4.69) is 5.32 Å². The molecule has 13 heavy (non-hydrogen) atoms. The van der Waals surface area contributed by atoms with Crippen molar-refractivity contribution in [3.05, 3.63) is 0 Å². The van der Waals surface area contributed by atoms with Crippen molar-refractivity contribution in [2.75, 3.05) is 26.8 Å². The molecule has 3 N–H and O–H groups in total. The molecule has 1 heterocycles. The van der Waals surface area contributed by atoms with Crippen LogP contribution in [0.5, 0.6) is 0 Å². The van der Waals surface area contributed by atoms with Crippen molar-refractivity contribution in [3.63, 3.8) is 0 Å². The molecule has 2 unspecified atom stereocenters. The number of nitrogens with two attached hydrogens (primary N) is 1. The lowest BCUT2D eigenvalue weighted by atomic mass is 9.93.